The van der Waals surface area contributed by atoms with Crippen molar-refractivity contribution in [3.8, 4) is 11.3 Å². The number of halogens is 1. The number of anilines is 1. The van der Waals surface area contributed by atoms with Gasteiger partial charge < -0.3 is 9.52 Å². The summed E-state index contributed by atoms with van der Waals surface area (Å²) in [4.78, 5) is 13.3. The van der Waals surface area contributed by atoms with Gasteiger partial charge in [-0.05, 0) is 24.6 Å². The van der Waals surface area contributed by atoms with E-state index >= 15 is 0 Å². The maximum absolute atomic E-state index is 11.9. The van der Waals surface area contributed by atoms with Gasteiger partial charge in [0.15, 0.2) is 5.76 Å². The first-order valence-corrected chi connectivity index (χ1v) is 8.28. The second kappa shape index (κ2) is 6.93. The van der Waals surface area contributed by atoms with Gasteiger partial charge in [0.05, 0.1) is 18.0 Å². The molecule has 1 amide bonds. The van der Waals surface area contributed by atoms with Gasteiger partial charge in [0.2, 0.25) is 0 Å². The highest BCUT2D eigenvalue weighted by Gasteiger charge is 2.27. The first-order chi connectivity index (χ1) is 11.6. The number of carbonyl (C=O) groups is 1. The van der Waals surface area contributed by atoms with Gasteiger partial charge in [-0.2, -0.15) is 0 Å². The molecule has 4 nitrogen and oxygen atoms in total. The molecule has 5 heteroatoms. The van der Waals surface area contributed by atoms with Crippen molar-refractivity contribution in [1.29, 1.82) is 0 Å². The summed E-state index contributed by atoms with van der Waals surface area (Å²) in [7, 11) is 0. The summed E-state index contributed by atoms with van der Waals surface area (Å²) in [6.07, 6.45) is 0.492. The standard InChI is InChI=1S/C19H16BrNO3/c1-13(14-5-3-2-4-6-14)21(19(22)23)17-11-12-24-18(17)15-7-9-16(20)10-8-15/h2-13H,1H3,(H,22,23)/t13-/m1/s1. The van der Waals surface area contributed by atoms with Crippen molar-refractivity contribution in [2.75, 3.05) is 4.90 Å². The molecule has 0 spiro atoms. The van der Waals surface area contributed by atoms with Crippen LogP contribution in [0, 0.1) is 0 Å². The summed E-state index contributed by atoms with van der Waals surface area (Å²) in [5.74, 6) is 0.535. The summed E-state index contributed by atoms with van der Waals surface area (Å²) >= 11 is 3.40. The molecule has 3 aromatic rings. The molecule has 0 saturated heterocycles. The van der Waals surface area contributed by atoms with Crippen molar-refractivity contribution in [3.05, 3.63) is 77.0 Å². The first kappa shape index (κ1) is 16.3. The van der Waals surface area contributed by atoms with Crippen LogP contribution in [0.2, 0.25) is 0 Å². The zero-order valence-electron chi connectivity index (χ0n) is 13.0. The molecule has 24 heavy (non-hydrogen) atoms. The van der Waals surface area contributed by atoms with E-state index in [1.807, 2.05) is 61.5 Å². The maximum Gasteiger partial charge on any atom is 0.412 e. The summed E-state index contributed by atoms with van der Waals surface area (Å²) in [5.41, 5.74) is 2.27. The van der Waals surface area contributed by atoms with E-state index in [2.05, 4.69) is 15.9 Å². The van der Waals surface area contributed by atoms with Crippen LogP contribution < -0.4 is 4.90 Å². The van der Waals surface area contributed by atoms with Gasteiger partial charge in [-0.25, -0.2) is 4.79 Å². The van der Waals surface area contributed by atoms with Gasteiger partial charge in [0.25, 0.3) is 0 Å². The molecule has 0 aliphatic heterocycles. The van der Waals surface area contributed by atoms with Crippen molar-refractivity contribution in [3.63, 3.8) is 0 Å². The Morgan fingerprint density at radius 3 is 2.38 bits per heavy atom. The Kier molecular flexibility index (Phi) is 4.71. The summed E-state index contributed by atoms with van der Waals surface area (Å²) in [6.45, 7) is 1.86. The van der Waals surface area contributed by atoms with E-state index in [9.17, 15) is 9.90 Å². The third kappa shape index (κ3) is 3.21. The van der Waals surface area contributed by atoms with Crippen LogP contribution in [0.5, 0.6) is 0 Å². The molecule has 0 fully saturated rings. The van der Waals surface area contributed by atoms with Gasteiger partial charge >= 0.3 is 6.09 Å². The minimum absolute atomic E-state index is 0.338. The molecule has 0 radical (unpaired) electrons. The highest BCUT2D eigenvalue weighted by molar-refractivity contribution is 9.10. The van der Waals surface area contributed by atoms with Gasteiger partial charge in [-0.15, -0.1) is 0 Å². The second-order valence-electron chi connectivity index (χ2n) is 5.38. The minimum Gasteiger partial charge on any atom is -0.465 e. The van der Waals surface area contributed by atoms with Crippen LogP contribution >= 0.6 is 15.9 Å². The first-order valence-electron chi connectivity index (χ1n) is 7.48. The molecular weight excluding hydrogens is 370 g/mol. The van der Waals surface area contributed by atoms with Crippen LogP contribution in [0.25, 0.3) is 11.3 Å². The Balaban J connectivity index is 2.03. The van der Waals surface area contributed by atoms with Crippen molar-refractivity contribution < 1.29 is 14.3 Å². The van der Waals surface area contributed by atoms with Crippen molar-refractivity contribution in [2.24, 2.45) is 0 Å². The van der Waals surface area contributed by atoms with Crippen molar-refractivity contribution in [1.82, 2.24) is 0 Å². The molecule has 3 rings (SSSR count). The van der Waals surface area contributed by atoms with Gasteiger partial charge in [-0.3, -0.25) is 4.90 Å². The molecule has 0 aliphatic rings. The quantitative estimate of drug-likeness (QED) is 0.602. The zero-order chi connectivity index (χ0) is 17.1. The Hall–Kier alpha value is -2.53. The highest BCUT2D eigenvalue weighted by Crippen LogP contribution is 2.37. The van der Waals surface area contributed by atoms with Crippen LogP contribution in [0.4, 0.5) is 10.5 Å². The predicted octanol–water partition coefficient (Wildman–Crippen LogP) is 5.95. The largest absolute Gasteiger partial charge is 0.465 e. The monoisotopic (exact) mass is 385 g/mol. The molecule has 0 saturated carbocycles. The summed E-state index contributed by atoms with van der Waals surface area (Å²) in [6, 6.07) is 18.5. The number of hydrogen-bond donors (Lipinski definition) is 1. The van der Waals surface area contributed by atoms with Crippen molar-refractivity contribution in [2.45, 2.75) is 13.0 Å². The van der Waals surface area contributed by atoms with E-state index in [-0.39, 0.29) is 6.04 Å². The van der Waals surface area contributed by atoms with Crippen LogP contribution in [0.3, 0.4) is 0 Å². The fraction of sp³-hybridized carbons (Fsp3) is 0.105. The Labute approximate surface area is 148 Å². The average molecular weight is 386 g/mol. The topological polar surface area (TPSA) is 53.7 Å². The molecule has 1 aromatic heterocycles. The smallest absolute Gasteiger partial charge is 0.412 e. The number of amides is 1. The van der Waals surface area contributed by atoms with Crippen LogP contribution in [-0.4, -0.2) is 11.2 Å². The number of benzene rings is 2. The van der Waals surface area contributed by atoms with Crippen LogP contribution in [0.15, 0.2) is 75.8 Å². The van der Waals surface area contributed by atoms with Gasteiger partial charge in [-0.1, -0.05) is 58.4 Å². The Morgan fingerprint density at radius 2 is 1.75 bits per heavy atom. The molecule has 0 aliphatic carbocycles. The fourth-order valence-electron chi connectivity index (χ4n) is 2.67. The lowest BCUT2D eigenvalue weighted by molar-refractivity contribution is 0.199. The van der Waals surface area contributed by atoms with Crippen molar-refractivity contribution >= 4 is 27.7 Å². The highest BCUT2D eigenvalue weighted by atomic mass is 79.9. The molecule has 0 unspecified atom stereocenters. The van der Waals surface area contributed by atoms with E-state index in [4.69, 9.17) is 4.42 Å². The number of hydrogen-bond acceptors (Lipinski definition) is 2. The number of nitrogens with zero attached hydrogens (tertiary/aromatic N) is 1. The molecule has 122 valence electrons. The second-order valence-corrected chi connectivity index (χ2v) is 6.30. The predicted molar refractivity (Wildman–Crippen MR) is 97.2 cm³/mol. The van der Waals surface area contributed by atoms with Gasteiger partial charge in [0.1, 0.15) is 0 Å². The average Bonchev–Trinajstić information content (AvgIpc) is 3.05. The van der Waals surface area contributed by atoms with Crippen LogP contribution in [0.1, 0.15) is 18.5 Å². The molecule has 2 aromatic carbocycles. The Bertz CT molecular complexity index is 827. The van der Waals surface area contributed by atoms with E-state index in [0.29, 0.717) is 11.4 Å². The maximum atomic E-state index is 11.9. The lowest BCUT2D eigenvalue weighted by Gasteiger charge is -2.26. The summed E-state index contributed by atoms with van der Waals surface area (Å²) in [5, 5.41) is 9.77. The number of furan rings is 1. The van der Waals surface area contributed by atoms with E-state index in [0.717, 1.165) is 15.6 Å². The van der Waals surface area contributed by atoms with Gasteiger partial charge in [0, 0.05) is 16.1 Å². The minimum atomic E-state index is -1.02. The molecule has 1 atom stereocenters. The fourth-order valence-corrected chi connectivity index (χ4v) is 2.93. The lowest BCUT2D eigenvalue weighted by atomic mass is 10.1. The SMILES string of the molecule is C[C@H](c1ccccc1)N(C(=O)O)c1ccoc1-c1ccc(Br)cc1. The number of rotatable bonds is 4. The van der Waals surface area contributed by atoms with Crippen LogP contribution in [-0.2, 0) is 0 Å². The lowest BCUT2D eigenvalue weighted by Crippen LogP contribution is -2.32. The van der Waals surface area contributed by atoms with E-state index < -0.39 is 6.09 Å². The van der Waals surface area contributed by atoms with E-state index in [1.165, 1.54) is 11.2 Å². The summed E-state index contributed by atoms with van der Waals surface area (Å²) < 4.78 is 6.54. The number of carboxylic acid groups (broad SMARTS) is 1. The molecular formula is C19H16BrNO3. The third-order valence-corrected chi connectivity index (χ3v) is 4.41. The normalized spacial score (nSPS) is 11.9. The third-order valence-electron chi connectivity index (χ3n) is 3.89. The zero-order valence-corrected chi connectivity index (χ0v) is 14.6. The molecule has 0 bridgehead atoms. The Morgan fingerprint density at radius 1 is 1.08 bits per heavy atom. The molecule has 1 N–H and O–H groups in total. The van der Waals surface area contributed by atoms with E-state index in [1.54, 1.807) is 6.07 Å². The molecule has 1 heterocycles.